The van der Waals surface area contributed by atoms with Crippen LogP contribution in [-0.4, -0.2) is 16.9 Å². The van der Waals surface area contributed by atoms with Crippen LogP contribution in [0.2, 0.25) is 10.0 Å². The first-order valence-electron chi connectivity index (χ1n) is 6.40. The minimum absolute atomic E-state index is 0.0148. The van der Waals surface area contributed by atoms with Crippen LogP contribution in [0, 0.1) is 21.7 Å². The van der Waals surface area contributed by atoms with Crippen LogP contribution in [0.3, 0.4) is 0 Å². The predicted molar refractivity (Wildman–Crippen MR) is 86.0 cm³/mol. The van der Waals surface area contributed by atoms with E-state index >= 15 is 0 Å². The molecule has 0 radical (unpaired) electrons. The van der Waals surface area contributed by atoms with Gasteiger partial charge in [0.15, 0.2) is 11.6 Å². The molecule has 0 heterocycles. The molecule has 2 N–H and O–H groups in total. The van der Waals surface area contributed by atoms with Crippen LogP contribution in [-0.2, 0) is 0 Å². The van der Waals surface area contributed by atoms with E-state index in [1.54, 1.807) is 0 Å². The van der Waals surface area contributed by atoms with Crippen molar-refractivity contribution in [2.24, 2.45) is 0 Å². The average Bonchev–Trinajstić information content (AvgIpc) is 2.52. The molecule has 2 aromatic rings. The topological polar surface area (TPSA) is 101 Å². The number of nitrogens with one attached hydrogen (secondary N) is 2. The Morgan fingerprint density at radius 2 is 1.68 bits per heavy atom. The number of imide groups is 1. The van der Waals surface area contributed by atoms with E-state index in [1.165, 1.54) is 6.07 Å². The minimum atomic E-state index is -1.32. The van der Waals surface area contributed by atoms with Crippen molar-refractivity contribution in [3.05, 3.63) is 67.7 Å². The molecule has 130 valence electrons. The molecule has 0 bridgehead atoms. The maximum absolute atomic E-state index is 13.2. The third-order valence-electron chi connectivity index (χ3n) is 2.89. The smallest absolute Gasteiger partial charge is 0.306 e. The van der Waals surface area contributed by atoms with Crippen LogP contribution in [0.25, 0.3) is 0 Å². The van der Waals surface area contributed by atoms with E-state index in [4.69, 9.17) is 23.2 Å². The Morgan fingerprint density at radius 3 is 2.32 bits per heavy atom. The van der Waals surface area contributed by atoms with Crippen molar-refractivity contribution in [1.82, 2.24) is 5.32 Å². The van der Waals surface area contributed by atoms with E-state index in [9.17, 15) is 28.5 Å². The summed E-state index contributed by atoms with van der Waals surface area (Å²) in [6.45, 7) is 0. The third kappa shape index (κ3) is 4.40. The number of carbonyl (C=O) groups excluding carboxylic acids is 2. The Bertz CT molecular complexity index is 893. The van der Waals surface area contributed by atoms with Gasteiger partial charge in [-0.05, 0) is 18.2 Å². The average molecular weight is 390 g/mol. The van der Waals surface area contributed by atoms with Crippen LogP contribution in [0.15, 0.2) is 30.3 Å². The van der Waals surface area contributed by atoms with Gasteiger partial charge in [-0.1, -0.05) is 23.2 Å². The van der Waals surface area contributed by atoms with E-state index in [1.807, 2.05) is 5.32 Å². The van der Waals surface area contributed by atoms with Crippen LogP contribution in [0.4, 0.5) is 25.0 Å². The highest BCUT2D eigenvalue weighted by Crippen LogP contribution is 2.26. The molecule has 0 aliphatic rings. The lowest BCUT2D eigenvalue weighted by molar-refractivity contribution is -0.384. The van der Waals surface area contributed by atoms with Gasteiger partial charge < -0.3 is 5.32 Å². The van der Waals surface area contributed by atoms with Crippen LogP contribution in [0.1, 0.15) is 10.4 Å². The molecule has 0 unspecified atom stereocenters. The molecule has 0 atom stereocenters. The standard InChI is InChI=1S/C14H7Cl2F2N3O4/c15-8-2-1-6(21(24)25)3-12(8)19-14(23)20-13(22)7-4-10(17)11(18)5-9(7)16/h1-5H,(H2,19,20,22,23). The number of anilines is 1. The van der Waals surface area contributed by atoms with Crippen LogP contribution in [0.5, 0.6) is 0 Å². The van der Waals surface area contributed by atoms with Crippen molar-refractivity contribution < 1.29 is 23.3 Å². The SMILES string of the molecule is O=C(NC(=O)c1cc(F)c(F)cc1Cl)Nc1cc([N+](=O)[O-])ccc1Cl. The molecule has 7 nitrogen and oxygen atoms in total. The Hall–Kier alpha value is -2.78. The lowest BCUT2D eigenvalue weighted by Gasteiger charge is -2.09. The fraction of sp³-hybridized carbons (Fsp3) is 0. The summed E-state index contributed by atoms with van der Waals surface area (Å²) in [5.74, 6) is -3.69. The number of urea groups is 1. The fourth-order valence-electron chi connectivity index (χ4n) is 1.74. The van der Waals surface area contributed by atoms with Gasteiger partial charge >= 0.3 is 6.03 Å². The van der Waals surface area contributed by atoms with Gasteiger partial charge in [-0.15, -0.1) is 0 Å². The molecule has 25 heavy (non-hydrogen) atoms. The summed E-state index contributed by atoms with van der Waals surface area (Å²) in [6, 6.07) is 3.30. The number of benzene rings is 2. The summed E-state index contributed by atoms with van der Waals surface area (Å²) in [4.78, 5) is 33.7. The van der Waals surface area contributed by atoms with Gasteiger partial charge in [-0.3, -0.25) is 20.2 Å². The summed E-state index contributed by atoms with van der Waals surface area (Å²) in [7, 11) is 0. The normalized spacial score (nSPS) is 10.2. The lowest BCUT2D eigenvalue weighted by atomic mass is 10.2. The van der Waals surface area contributed by atoms with E-state index in [-0.39, 0.29) is 16.4 Å². The highest BCUT2D eigenvalue weighted by molar-refractivity contribution is 6.35. The molecule has 0 saturated carbocycles. The molecule has 0 aromatic heterocycles. The molecule has 2 aromatic carbocycles. The number of hydrogen-bond donors (Lipinski definition) is 2. The number of amides is 3. The molecule has 3 amide bonds. The van der Waals surface area contributed by atoms with Crippen LogP contribution < -0.4 is 10.6 Å². The summed E-state index contributed by atoms with van der Waals surface area (Å²) in [6.07, 6.45) is 0. The van der Waals surface area contributed by atoms with Crippen LogP contribution >= 0.6 is 23.2 Å². The van der Waals surface area contributed by atoms with Gasteiger partial charge in [-0.2, -0.15) is 0 Å². The molecule has 0 saturated heterocycles. The predicted octanol–water partition coefficient (Wildman–Crippen LogP) is 4.14. The second kappa shape index (κ2) is 7.41. The fourth-order valence-corrected chi connectivity index (χ4v) is 2.14. The first-order chi connectivity index (χ1) is 11.7. The second-order valence-electron chi connectivity index (χ2n) is 4.58. The Kier molecular flexibility index (Phi) is 5.50. The summed E-state index contributed by atoms with van der Waals surface area (Å²) < 4.78 is 26.2. The number of nitro groups is 1. The Morgan fingerprint density at radius 1 is 1.04 bits per heavy atom. The quantitative estimate of drug-likeness (QED) is 0.467. The van der Waals surface area contributed by atoms with Crippen molar-refractivity contribution in [2.75, 3.05) is 5.32 Å². The van der Waals surface area contributed by atoms with E-state index < -0.39 is 39.1 Å². The van der Waals surface area contributed by atoms with Gasteiger partial charge in [0.05, 0.1) is 26.2 Å². The van der Waals surface area contributed by atoms with Gasteiger partial charge in [0, 0.05) is 12.1 Å². The zero-order valence-electron chi connectivity index (χ0n) is 12.0. The molecular weight excluding hydrogens is 383 g/mol. The Balaban J connectivity index is 2.15. The molecule has 2 rings (SSSR count). The molecule has 0 aliphatic carbocycles. The highest BCUT2D eigenvalue weighted by Gasteiger charge is 2.18. The first kappa shape index (κ1) is 18.6. The zero-order chi connectivity index (χ0) is 18.7. The number of rotatable bonds is 3. The third-order valence-corrected chi connectivity index (χ3v) is 3.53. The zero-order valence-corrected chi connectivity index (χ0v) is 13.5. The van der Waals surface area contributed by atoms with E-state index in [0.29, 0.717) is 12.1 Å². The number of nitro benzene ring substituents is 1. The van der Waals surface area contributed by atoms with Crippen molar-refractivity contribution in [3.8, 4) is 0 Å². The highest BCUT2D eigenvalue weighted by atomic mass is 35.5. The van der Waals surface area contributed by atoms with Crippen molar-refractivity contribution in [1.29, 1.82) is 0 Å². The number of nitrogens with zero attached hydrogens (tertiary/aromatic N) is 1. The molecule has 11 heteroatoms. The summed E-state index contributed by atoms with van der Waals surface area (Å²) in [5.41, 5.74) is -0.937. The molecule has 0 fully saturated rings. The number of carbonyl (C=O) groups is 2. The van der Waals surface area contributed by atoms with E-state index in [2.05, 4.69) is 5.32 Å². The monoisotopic (exact) mass is 389 g/mol. The minimum Gasteiger partial charge on any atom is -0.306 e. The van der Waals surface area contributed by atoms with Gasteiger partial charge in [-0.25, -0.2) is 13.6 Å². The van der Waals surface area contributed by atoms with Gasteiger partial charge in [0.2, 0.25) is 0 Å². The number of halogens is 4. The van der Waals surface area contributed by atoms with Gasteiger partial charge in [0.25, 0.3) is 11.6 Å². The van der Waals surface area contributed by atoms with E-state index in [0.717, 1.165) is 12.1 Å². The molecule has 0 spiro atoms. The maximum Gasteiger partial charge on any atom is 0.326 e. The van der Waals surface area contributed by atoms with Gasteiger partial charge in [0.1, 0.15) is 0 Å². The second-order valence-corrected chi connectivity index (χ2v) is 5.39. The summed E-state index contributed by atoms with van der Waals surface area (Å²) >= 11 is 11.4. The summed E-state index contributed by atoms with van der Waals surface area (Å²) in [5, 5.41) is 14.2. The van der Waals surface area contributed by atoms with Crippen molar-refractivity contribution in [2.45, 2.75) is 0 Å². The van der Waals surface area contributed by atoms with Crippen molar-refractivity contribution in [3.63, 3.8) is 0 Å². The molecular formula is C14H7Cl2F2N3O4. The van der Waals surface area contributed by atoms with Crippen molar-refractivity contribution >= 4 is 46.5 Å². The molecule has 0 aliphatic heterocycles. The Labute approximate surface area is 148 Å². The number of hydrogen-bond acceptors (Lipinski definition) is 4. The number of non-ortho nitro benzene ring substituents is 1. The lowest BCUT2D eigenvalue weighted by Crippen LogP contribution is -2.34. The largest absolute Gasteiger partial charge is 0.326 e. The maximum atomic E-state index is 13.2. The first-order valence-corrected chi connectivity index (χ1v) is 7.15.